The van der Waals surface area contributed by atoms with Gasteiger partial charge >= 0.3 is 5.97 Å². The molecule has 3 rings (SSSR count). The number of hydrogen-bond donors (Lipinski definition) is 3. The lowest BCUT2D eigenvalue weighted by molar-refractivity contribution is -0.137. The molecule has 26 heavy (non-hydrogen) atoms. The first-order chi connectivity index (χ1) is 12.5. The molecule has 134 valence electrons. The summed E-state index contributed by atoms with van der Waals surface area (Å²) in [5, 5.41) is 14.8. The van der Waals surface area contributed by atoms with E-state index in [1.165, 1.54) is 11.9 Å². The van der Waals surface area contributed by atoms with Crippen LogP contribution in [0.15, 0.2) is 30.6 Å². The maximum atomic E-state index is 11.8. The van der Waals surface area contributed by atoms with E-state index in [-0.39, 0.29) is 6.54 Å². The van der Waals surface area contributed by atoms with E-state index in [0.717, 1.165) is 26.2 Å². The molecule has 0 spiro atoms. The van der Waals surface area contributed by atoms with Gasteiger partial charge in [-0.2, -0.15) is 0 Å². The maximum Gasteiger partial charge on any atom is 0.322 e. The van der Waals surface area contributed by atoms with Crippen LogP contribution in [0.4, 0.5) is 5.82 Å². The molecule has 3 aromatic rings. The molecule has 0 aliphatic carbocycles. The van der Waals surface area contributed by atoms with Crippen LogP contribution in [0.1, 0.15) is 10.4 Å². The number of carbonyl (C=O) groups is 2. The number of nitrogens with zero attached hydrogens (tertiary/aromatic N) is 2. The normalized spacial score (nSPS) is 10.7. The minimum absolute atomic E-state index is 0.0678. The zero-order chi connectivity index (χ0) is 18.7. The summed E-state index contributed by atoms with van der Waals surface area (Å²) < 4.78 is 0. The van der Waals surface area contributed by atoms with Gasteiger partial charge in [-0.15, -0.1) is 11.3 Å². The standard InChI is InChI=1S/C18H18N4O3S/c1-10-3-5-12(6-4-10)15-11(2)26-18-16(15)17(21-9-22-18)20-7-13(23)19-8-14(24)25/h3-6,9H,7-8H2,1-2H3,(H,19,23)(H,24,25)(H,20,21,22). The number of amides is 1. The van der Waals surface area contributed by atoms with Gasteiger partial charge in [0, 0.05) is 10.4 Å². The quantitative estimate of drug-likeness (QED) is 0.616. The number of aromatic nitrogens is 2. The van der Waals surface area contributed by atoms with Gasteiger partial charge in [0.15, 0.2) is 0 Å². The van der Waals surface area contributed by atoms with E-state index in [1.807, 2.05) is 13.8 Å². The molecule has 0 fully saturated rings. The summed E-state index contributed by atoms with van der Waals surface area (Å²) in [5.41, 5.74) is 3.28. The van der Waals surface area contributed by atoms with Crippen LogP contribution >= 0.6 is 11.3 Å². The van der Waals surface area contributed by atoms with Gasteiger partial charge in [0.05, 0.1) is 11.9 Å². The average molecular weight is 370 g/mol. The highest BCUT2D eigenvalue weighted by atomic mass is 32.1. The largest absolute Gasteiger partial charge is 0.480 e. The third kappa shape index (κ3) is 3.80. The zero-order valence-electron chi connectivity index (χ0n) is 14.4. The summed E-state index contributed by atoms with van der Waals surface area (Å²) in [7, 11) is 0. The van der Waals surface area contributed by atoms with E-state index in [9.17, 15) is 9.59 Å². The van der Waals surface area contributed by atoms with Crippen molar-refractivity contribution in [2.75, 3.05) is 18.4 Å². The minimum Gasteiger partial charge on any atom is -0.480 e. The topological polar surface area (TPSA) is 104 Å². The minimum atomic E-state index is -1.09. The van der Waals surface area contributed by atoms with E-state index < -0.39 is 18.4 Å². The van der Waals surface area contributed by atoms with Crippen LogP contribution in [0.25, 0.3) is 21.3 Å². The number of thiophene rings is 1. The summed E-state index contributed by atoms with van der Waals surface area (Å²) in [6.45, 7) is 3.59. The second kappa shape index (κ2) is 7.49. The molecule has 0 unspecified atom stereocenters. The molecule has 0 aliphatic rings. The van der Waals surface area contributed by atoms with E-state index in [1.54, 1.807) is 11.3 Å². The van der Waals surface area contributed by atoms with Crippen LogP contribution in [-0.4, -0.2) is 40.0 Å². The van der Waals surface area contributed by atoms with Gasteiger partial charge in [-0.1, -0.05) is 29.8 Å². The summed E-state index contributed by atoms with van der Waals surface area (Å²) in [6.07, 6.45) is 1.45. The van der Waals surface area contributed by atoms with Crippen molar-refractivity contribution >= 4 is 39.2 Å². The monoisotopic (exact) mass is 370 g/mol. The third-order valence-electron chi connectivity index (χ3n) is 3.86. The van der Waals surface area contributed by atoms with Gasteiger partial charge in [-0.25, -0.2) is 9.97 Å². The van der Waals surface area contributed by atoms with E-state index >= 15 is 0 Å². The molecule has 0 radical (unpaired) electrons. The van der Waals surface area contributed by atoms with Gasteiger partial charge in [-0.05, 0) is 19.4 Å². The molecule has 8 heteroatoms. The number of aryl methyl sites for hydroxylation is 2. The maximum absolute atomic E-state index is 11.8. The van der Waals surface area contributed by atoms with Crippen molar-refractivity contribution in [1.82, 2.24) is 15.3 Å². The fourth-order valence-electron chi connectivity index (χ4n) is 2.65. The summed E-state index contributed by atoms with van der Waals surface area (Å²) in [4.78, 5) is 32.9. The Labute approximate surface area is 154 Å². The van der Waals surface area contributed by atoms with Gasteiger partial charge in [-0.3, -0.25) is 9.59 Å². The van der Waals surface area contributed by atoms with Crippen molar-refractivity contribution < 1.29 is 14.7 Å². The number of benzene rings is 1. The SMILES string of the molecule is Cc1ccc(-c2c(C)sc3ncnc(NCC(=O)NCC(=O)O)c23)cc1. The van der Waals surface area contributed by atoms with Crippen molar-refractivity contribution in [2.24, 2.45) is 0 Å². The van der Waals surface area contributed by atoms with Gasteiger partial charge in [0.1, 0.15) is 23.5 Å². The van der Waals surface area contributed by atoms with E-state index in [4.69, 9.17) is 5.11 Å². The number of rotatable bonds is 6. The molecule has 2 heterocycles. The van der Waals surface area contributed by atoms with Crippen molar-refractivity contribution in [2.45, 2.75) is 13.8 Å². The molecule has 1 aromatic carbocycles. The third-order valence-corrected chi connectivity index (χ3v) is 4.87. The molecule has 7 nitrogen and oxygen atoms in total. The van der Waals surface area contributed by atoms with E-state index in [2.05, 4.69) is 44.9 Å². The first kappa shape index (κ1) is 17.8. The molecule has 0 bridgehead atoms. The molecule has 2 aromatic heterocycles. The number of aliphatic carboxylic acids is 1. The molecular formula is C18H18N4O3S. The highest BCUT2D eigenvalue weighted by Crippen LogP contribution is 2.40. The first-order valence-electron chi connectivity index (χ1n) is 7.99. The van der Waals surface area contributed by atoms with Gasteiger partial charge < -0.3 is 15.7 Å². The fourth-order valence-corrected chi connectivity index (χ4v) is 3.66. The Hall–Kier alpha value is -3.00. The molecule has 1 amide bonds. The Kier molecular flexibility index (Phi) is 5.13. The Morgan fingerprint density at radius 2 is 1.85 bits per heavy atom. The number of nitrogens with one attached hydrogen (secondary N) is 2. The number of carbonyl (C=O) groups excluding carboxylic acids is 1. The van der Waals surface area contributed by atoms with Gasteiger partial charge in [0.25, 0.3) is 0 Å². The zero-order valence-corrected chi connectivity index (χ0v) is 15.2. The molecule has 0 saturated heterocycles. The second-order valence-electron chi connectivity index (χ2n) is 5.83. The number of carboxylic acid groups (broad SMARTS) is 1. The summed E-state index contributed by atoms with van der Waals surface area (Å²) >= 11 is 1.57. The molecule has 0 saturated carbocycles. The molecule has 0 aliphatic heterocycles. The predicted molar refractivity (Wildman–Crippen MR) is 101 cm³/mol. The summed E-state index contributed by atoms with van der Waals surface area (Å²) in [6, 6.07) is 8.21. The van der Waals surface area contributed by atoms with Gasteiger partial charge in [0.2, 0.25) is 5.91 Å². The highest BCUT2D eigenvalue weighted by molar-refractivity contribution is 7.19. The van der Waals surface area contributed by atoms with Crippen molar-refractivity contribution in [3.8, 4) is 11.1 Å². The Morgan fingerprint density at radius 1 is 1.12 bits per heavy atom. The van der Waals surface area contributed by atoms with Crippen LogP contribution in [-0.2, 0) is 9.59 Å². The highest BCUT2D eigenvalue weighted by Gasteiger charge is 2.17. The van der Waals surface area contributed by atoms with E-state index in [0.29, 0.717) is 5.82 Å². The number of anilines is 1. The lowest BCUT2D eigenvalue weighted by atomic mass is 10.0. The molecule has 3 N–H and O–H groups in total. The smallest absolute Gasteiger partial charge is 0.322 e. The summed E-state index contributed by atoms with van der Waals surface area (Å²) in [5.74, 6) is -0.943. The van der Waals surface area contributed by atoms with Crippen molar-refractivity contribution in [3.63, 3.8) is 0 Å². The van der Waals surface area contributed by atoms with Crippen LogP contribution in [0, 0.1) is 13.8 Å². The predicted octanol–water partition coefficient (Wildman–Crippen LogP) is 2.59. The Bertz CT molecular complexity index is 966. The van der Waals surface area contributed by atoms with Crippen molar-refractivity contribution in [3.05, 3.63) is 41.0 Å². The van der Waals surface area contributed by atoms with Crippen LogP contribution < -0.4 is 10.6 Å². The van der Waals surface area contributed by atoms with Crippen LogP contribution in [0.2, 0.25) is 0 Å². The number of hydrogen-bond acceptors (Lipinski definition) is 6. The first-order valence-corrected chi connectivity index (χ1v) is 8.81. The van der Waals surface area contributed by atoms with Crippen LogP contribution in [0.3, 0.4) is 0 Å². The second-order valence-corrected chi connectivity index (χ2v) is 7.03. The van der Waals surface area contributed by atoms with Crippen LogP contribution in [0.5, 0.6) is 0 Å². The molecule has 0 atom stereocenters. The lowest BCUT2D eigenvalue weighted by Crippen LogP contribution is -2.34. The molecular weight excluding hydrogens is 352 g/mol. The number of fused-ring (bicyclic) bond motifs is 1. The number of carboxylic acids is 1. The van der Waals surface area contributed by atoms with Crippen molar-refractivity contribution in [1.29, 1.82) is 0 Å². The lowest BCUT2D eigenvalue weighted by Gasteiger charge is -2.09. The Morgan fingerprint density at radius 3 is 2.54 bits per heavy atom. The Balaban J connectivity index is 1.92. The fraction of sp³-hybridized carbons (Fsp3) is 0.222. The average Bonchev–Trinajstić information content (AvgIpc) is 2.95.